The molecule has 1 saturated carbocycles. The first-order chi connectivity index (χ1) is 16.4. The molecular weight excluding hydrogens is 432 g/mol. The van der Waals surface area contributed by atoms with Crippen molar-refractivity contribution in [2.45, 2.75) is 56.5 Å². The fraction of sp³-hybridized carbons (Fsp3) is 0.444. The average molecular weight is 463 g/mol. The molecule has 7 heteroatoms. The Balaban J connectivity index is 1.17. The van der Waals surface area contributed by atoms with Crippen molar-refractivity contribution in [2.24, 2.45) is 5.92 Å². The van der Waals surface area contributed by atoms with Crippen LogP contribution in [0.3, 0.4) is 0 Å². The number of likely N-dealkylation sites (tertiary alicyclic amines) is 1. The molecule has 1 unspecified atom stereocenters. The summed E-state index contributed by atoms with van der Waals surface area (Å²) in [6.45, 7) is 2.35. The van der Waals surface area contributed by atoms with Gasteiger partial charge >= 0.3 is 12.1 Å². The number of hydrogen-bond donors (Lipinski definition) is 2. The van der Waals surface area contributed by atoms with Crippen molar-refractivity contribution in [2.75, 3.05) is 13.2 Å². The largest absolute Gasteiger partial charge is 0.480 e. The Labute approximate surface area is 199 Å². The molecule has 1 aliphatic heterocycles. The number of rotatable bonds is 5. The molecule has 2 fully saturated rings. The SMILES string of the molecule is CC1(C(=O)O)CCCN1C(=O)[C@H]1CC[C@@H](NC(=O)OCC2c3ccccc3-c3ccccc32)C1. The van der Waals surface area contributed by atoms with Gasteiger partial charge in [-0.15, -0.1) is 0 Å². The summed E-state index contributed by atoms with van der Waals surface area (Å²) in [5.74, 6) is -1.33. The summed E-state index contributed by atoms with van der Waals surface area (Å²) >= 11 is 0. The molecule has 2 aromatic rings. The number of alkyl carbamates (subject to hydrolysis) is 1. The van der Waals surface area contributed by atoms with Gasteiger partial charge in [-0.05, 0) is 61.3 Å². The zero-order valence-corrected chi connectivity index (χ0v) is 19.3. The number of carboxylic acids is 1. The van der Waals surface area contributed by atoms with Gasteiger partial charge in [-0.1, -0.05) is 48.5 Å². The standard InChI is InChI=1S/C27H30N2O5/c1-27(25(31)32)13-6-14-29(27)24(30)17-11-12-18(15-17)28-26(33)34-16-23-21-9-4-2-7-19(21)20-8-3-5-10-22(20)23/h2-5,7-10,17-18,23H,6,11-16H2,1H3,(H,28,33)(H,31,32)/t17-,18+,27?/m0/s1. The third kappa shape index (κ3) is 3.83. The Kier molecular flexibility index (Phi) is 5.80. The molecule has 2 N–H and O–H groups in total. The molecule has 1 heterocycles. The van der Waals surface area contributed by atoms with E-state index in [9.17, 15) is 19.5 Å². The summed E-state index contributed by atoms with van der Waals surface area (Å²) in [6, 6.07) is 16.2. The molecule has 7 nitrogen and oxygen atoms in total. The van der Waals surface area contributed by atoms with E-state index in [4.69, 9.17) is 4.74 Å². The van der Waals surface area contributed by atoms with Gasteiger partial charge in [-0.3, -0.25) is 4.79 Å². The van der Waals surface area contributed by atoms with Crippen molar-refractivity contribution in [3.63, 3.8) is 0 Å². The van der Waals surface area contributed by atoms with Gasteiger partial charge in [0.05, 0.1) is 0 Å². The van der Waals surface area contributed by atoms with E-state index in [1.807, 2.05) is 24.3 Å². The Bertz CT molecular complexity index is 1090. The average Bonchev–Trinajstić information content (AvgIpc) is 3.54. The van der Waals surface area contributed by atoms with Crippen molar-refractivity contribution >= 4 is 18.0 Å². The van der Waals surface area contributed by atoms with Gasteiger partial charge in [-0.2, -0.15) is 0 Å². The van der Waals surface area contributed by atoms with Crippen LogP contribution in [0.15, 0.2) is 48.5 Å². The van der Waals surface area contributed by atoms with Crippen LogP contribution in [0.2, 0.25) is 0 Å². The van der Waals surface area contributed by atoms with E-state index in [0.717, 1.165) is 11.1 Å². The van der Waals surface area contributed by atoms with E-state index in [1.165, 1.54) is 16.0 Å². The molecular formula is C27H30N2O5. The quantitative estimate of drug-likeness (QED) is 0.696. The smallest absolute Gasteiger partial charge is 0.407 e. The van der Waals surface area contributed by atoms with Crippen molar-refractivity contribution in [3.05, 3.63) is 59.7 Å². The lowest BCUT2D eigenvalue weighted by atomic mass is 9.97. The maximum atomic E-state index is 13.1. The zero-order chi connectivity index (χ0) is 23.9. The fourth-order valence-electron chi connectivity index (χ4n) is 5.90. The van der Waals surface area contributed by atoms with E-state index in [0.29, 0.717) is 38.6 Å². The highest BCUT2D eigenvalue weighted by molar-refractivity contribution is 5.88. The Morgan fingerprint density at radius 3 is 2.35 bits per heavy atom. The molecule has 0 bridgehead atoms. The molecule has 178 valence electrons. The summed E-state index contributed by atoms with van der Waals surface area (Å²) in [5.41, 5.74) is 3.55. The fourth-order valence-corrected chi connectivity index (χ4v) is 5.90. The van der Waals surface area contributed by atoms with Gasteiger partial charge in [-0.25, -0.2) is 9.59 Å². The summed E-state index contributed by atoms with van der Waals surface area (Å²) in [4.78, 5) is 38.9. The second kappa shape index (κ2) is 8.78. The third-order valence-electron chi connectivity index (χ3n) is 7.82. The number of amides is 2. The van der Waals surface area contributed by atoms with Crippen LogP contribution in [-0.2, 0) is 14.3 Å². The number of nitrogens with zero attached hydrogens (tertiary/aromatic N) is 1. The van der Waals surface area contributed by atoms with Gasteiger partial charge in [0.2, 0.25) is 5.91 Å². The van der Waals surface area contributed by atoms with Gasteiger partial charge in [0.15, 0.2) is 0 Å². The number of aliphatic carboxylic acids is 1. The molecule has 5 rings (SSSR count). The highest BCUT2D eigenvalue weighted by atomic mass is 16.5. The minimum atomic E-state index is -1.13. The lowest BCUT2D eigenvalue weighted by Crippen LogP contribution is -2.52. The summed E-state index contributed by atoms with van der Waals surface area (Å²) in [7, 11) is 0. The summed E-state index contributed by atoms with van der Waals surface area (Å²) in [6.07, 6.45) is 2.52. The summed E-state index contributed by atoms with van der Waals surface area (Å²) in [5, 5.41) is 12.5. The third-order valence-corrected chi connectivity index (χ3v) is 7.82. The molecule has 2 aromatic carbocycles. The van der Waals surface area contributed by atoms with Crippen LogP contribution in [0, 0.1) is 5.92 Å². The van der Waals surface area contributed by atoms with E-state index >= 15 is 0 Å². The molecule has 0 aromatic heterocycles. The van der Waals surface area contributed by atoms with E-state index < -0.39 is 17.6 Å². The first-order valence-corrected chi connectivity index (χ1v) is 12.0. The molecule has 3 aliphatic rings. The van der Waals surface area contributed by atoms with Crippen LogP contribution in [0.4, 0.5) is 4.79 Å². The molecule has 2 aliphatic carbocycles. The second-order valence-electron chi connectivity index (χ2n) is 9.85. The lowest BCUT2D eigenvalue weighted by Gasteiger charge is -2.33. The minimum absolute atomic E-state index is 0.0000770. The normalized spacial score (nSPS) is 25.6. The van der Waals surface area contributed by atoms with E-state index in [1.54, 1.807) is 6.92 Å². The highest BCUT2D eigenvalue weighted by Gasteiger charge is 2.48. The van der Waals surface area contributed by atoms with E-state index in [2.05, 4.69) is 29.6 Å². The van der Waals surface area contributed by atoms with Crippen molar-refractivity contribution in [1.29, 1.82) is 0 Å². The molecule has 34 heavy (non-hydrogen) atoms. The summed E-state index contributed by atoms with van der Waals surface area (Å²) < 4.78 is 5.64. The first kappa shape index (κ1) is 22.4. The highest BCUT2D eigenvalue weighted by Crippen LogP contribution is 2.44. The van der Waals surface area contributed by atoms with Gasteiger partial charge in [0.1, 0.15) is 12.1 Å². The van der Waals surface area contributed by atoms with Crippen LogP contribution in [0.25, 0.3) is 11.1 Å². The number of fused-ring (bicyclic) bond motifs is 3. The van der Waals surface area contributed by atoms with Crippen molar-refractivity contribution < 1.29 is 24.2 Å². The van der Waals surface area contributed by atoms with Crippen LogP contribution in [0.1, 0.15) is 56.1 Å². The number of ether oxygens (including phenoxy) is 1. The Morgan fingerprint density at radius 1 is 1.06 bits per heavy atom. The molecule has 1 saturated heterocycles. The monoisotopic (exact) mass is 462 g/mol. The number of benzene rings is 2. The lowest BCUT2D eigenvalue weighted by molar-refractivity contribution is -0.156. The molecule has 0 spiro atoms. The zero-order valence-electron chi connectivity index (χ0n) is 19.3. The Morgan fingerprint density at radius 2 is 1.71 bits per heavy atom. The number of hydrogen-bond acceptors (Lipinski definition) is 4. The molecule has 3 atom stereocenters. The maximum absolute atomic E-state index is 13.1. The molecule has 0 radical (unpaired) electrons. The minimum Gasteiger partial charge on any atom is -0.480 e. The second-order valence-corrected chi connectivity index (χ2v) is 9.85. The number of carbonyl (C=O) groups is 3. The van der Waals surface area contributed by atoms with Crippen molar-refractivity contribution in [1.82, 2.24) is 10.2 Å². The van der Waals surface area contributed by atoms with Crippen LogP contribution >= 0.6 is 0 Å². The molecule has 2 amide bonds. The van der Waals surface area contributed by atoms with E-state index in [-0.39, 0.29) is 30.4 Å². The number of nitrogens with one attached hydrogen (secondary N) is 1. The predicted octanol–water partition coefficient (Wildman–Crippen LogP) is 4.16. The van der Waals surface area contributed by atoms with Crippen LogP contribution in [0.5, 0.6) is 0 Å². The van der Waals surface area contributed by atoms with Crippen molar-refractivity contribution in [3.8, 4) is 11.1 Å². The van der Waals surface area contributed by atoms with Gasteiger partial charge < -0.3 is 20.1 Å². The topological polar surface area (TPSA) is 95.9 Å². The first-order valence-electron chi connectivity index (χ1n) is 12.0. The number of carbonyl (C=O) groups excluding carboxylic acids is 2. The number of carboxylic acid groups (broad SMARTS) is 1. The predicted molar refractivity (Wildman–Crippen MR) is 126 cm³/mol. The van der Waals surface area contributed by atoms with Crippen LogP contribution < -0.4 is 5.32 Å². The maximum Gasteiger partial charge on any atom is 0.407 e. The Hall–Kier alpha value is -3.35. The van der Waals surface area contributed by atoms with Crippen LogP contribution in [-0.4, -0.2) is 52.7 Å². The van der Waals surface area contributed by atoms with Gasteiger partial charge in [0.25, 0.3) is 0 Å². The van der Waals surface area contributed by atoms with Gasteiger partial charge in [0, 0.05) is 24.4 Å².